The molecule has 0 amide bonds. The molecule has 31 heavy (non-hydrogen) atoms. The van der Waals surface area contributed by atoms with Crippen molar-refractivity contribution in [2.45, 2.75) is 101 Å². The van der Waals surface area contributed by atoms with Gasteiger partial charge >= 0.3 is 0 Å². The molecule has 184 valence electrons. The molecule has 2 saturated heterocycles. The second-order valence-electron chi connectivity index (χ2n) is 9.32. The first kappa shape index (κ1) is 26.8. The second kappa shape index (κ2) is 10.2. The lowest BCUT2D eigenvalue weighted by atomic mass is 9.74. The van der Waals surface area contributed by atoms with Gasteiger partial charge in [0.1, 0.15) is 12.2 Å². The molecule has 0 aromatic rings. The number of ether oxygens (including phenoxy) is 3. The summed E-state index contributed by atoms with van der Waals surface area (Å²) in [7, 11) is 0. The van der Waals surface area contributed by atoms with Crippen molar-refractivity contribution < 1.29 is 55.1 Å². The highest BCUT2D eigenvalue weighted by molar-refractivity contribution is 5.01. The van der Waals surface area contributed by atoms with Gasteiger partial charge in [0.15, 0.2) is 12.6 Å². The highest BCUT2D eigenvalue weighted by Crippen LogP contribution is 2.41. The minimum absolute atomic E-state index is 0.308. The molecule has 0 aromatic carbocycles. The Balaban J connectivity index is 2.25. The number of aliphatic hydroxyl groups excluding tert-OH is 7. The summed E-state index contributed by atoms with van der Waals surface area (Å²) in [4.78, 5) is 0. The first-order valence-electron chi connectivity index (χ1n) is 10.7. The summed E-state index contributed by atoms with van der Waals surface area (Å²) >= 11 is 0. The van der Waals surface area contributed by atoms with E-state index in [1.54, 1.807) is 0 Å². The number of aliphatic hydroxyl groups is 8. The summed E-state index contributed by atoms with van der Waals surface area (Å²) < 4.78 is 16.7. The van der Waals surface area contributed by atoms with Crippen molar-refractivity contribution >= 4 is 0 Å². The summed E-state index contributed by atoms with van der Waals surface area (Å²) in [6.45, 7) is 5.23. The molecule has 0 aromatic heterocycles. The van der Waals surface area contributed by atoms with E-state index in [9.17, 15) is 40.9 Å². The summed E-state index contributed by atoms with van der Waals surface area (Å²) in [5, 5.41) is 81.8. The number of hydrogen-bond donors (Lipinski definition) is 8. The maximum absolute atomic E-state index is 10.8. The van der Waals surface area contributed by atoms with Gasteiger partial charge in [-0.25, -0.2) is 0 Å². The Morgan fingerprint density at radius 1 is 0.774 bits per heavy atom. The maximum atomic E-state index is 10.8. The standard InChI is InChI=1S/C20H38O11/c1-5-6-20(4,28)12-10(8-22)30-18(16(26)14(12)24)31-19(2,3)11-9(7-21)29-17(27)15(25)13(11)23/h9-18,21-28H,5-8H2,1-4H3/t9?,10?,11-,12-,13?,14?,15?,16?,17-,18-,20?/m1/s1. The van der Waals surface area contributed by atoms with E-state index < -0.39 is 85.5 Å². The van der Waals surface area contributed by atoms with Crippen LogP contribution in [0.3, 0.4) is 0 Å². The highest BCUT2D eigenvalue weighted by Gasteiger charge is 2.56. The topological polar surface area (TPSA) is 190 Å². The van der Waals surface area contributed by atoms with Gasteiger partial charge in [-0.2, -0.15) is 0 Å². The van der Waals surface area contributed by atoms with Crippen LogP contribution in [-0.4, -0.2) is 114 Å². The van der Waals surface area contributed by atoms with Crippen LogP contribution in [0.15, 0.2) is 0 Å². The predicted molar refractivity (Wildman–Crippen MR) is 105 cm³/mol. The fraction of sp³-hybridized carbons (Fsp3) is 1.00. The molecule has 11 atom stereocenters. The number of hydrogen-bond acceptors (Lipinski definition) is 11. The average molecular weight is 455 g/mol. The van der Waals surface area contributed by atoms with E-state index in [-0.39, 0.29) is 0 Å². The minimum atomic E-state index is -1.70. The summed E-state index contributed by atoms with van der Waals surface area (Å²) in [5.74, 6) is -2.03. The molecule has 7 unspecified atom stereocenters. The minimum Gasteiger partial charge on any atom is -0.394 e. The molecule has 2 heterocycles. The van der Waals surface area contributed by atoms with Crippen LogP contribution in [-0.2, 0) is 14.2 Å². The average Bonchev–Trinajstić information content (AvgIpc) is 2.68. The van der Waals surface area contributed by atoms with Crippen LogP contribution in [0, 0.1) is 11.8 Å². The molecule has 2 aliphatic heterocycles. The molecule has 0 bridgehead atoms. The third kappa shape index (κ3) is 5.39. The molecule has 0 saturated carbocycles. The van der Waals surface area contributed by atoms with Gasteiger partial charge < -0.3 is 55.1 Å². The van der Waals surface area contributed by atoms with Gasteiger partial charge in [-0.3, -0.25) is 0 Å². The van der Waals surface area contributed by atoms with E-state index in [1.807, 2.05) is 6.92 Å². The Labute approximate surface area is 181 Å². The van der Waals surface area contributed by atoms with E-state index in [2.05, 4.69) is 0 Å². The lowest BCUT2D eigenvalue weighted by molar-refractivity contribution is -0.355. The number of rotatable bonds is 8. The van der Waals surface area contributed by atoms with Crippen LogP contribution < -0.4 is 0 Å². The van der Waals surface area contributed by atoms with Crippen molar-refractivity contribution in [3.63, 3.8) is 0 Å². The third-order valence-corrected chi connectivity index (χ3v) is 6.49. The molecular weight excluding hydrogens is 416 g/mol. The molecule has 0 aliphatic carbocycles. The smallest absolute Gasteiger partial charge is 0.187 e. The van der Waals surface area contributed by atoms with Gasteiger partial charge in [0.25, 0.3) is 0 Å². The molecule has 0 radical (unpaired) electrons. The van der Waals surface area contributed by atoms with Crippen molar-refractivity contribution in [1.29, 1.82) is 0 Å². The summed E-state index contributed by atoms with van der Waals surface area (Å²) in [6.07, 6.45) is -10.7. The molecule has 2 fully saturated rings. The lowest BCUT2D eigenvalue weighted by Gasteiger charge is -2.51. The quantitative estimate of drug-likeness (QED) is 0.192. The Kier molecular flexibility index (Phi) is 8.84. The summed E-state index contributed by atoms with van der Waals surface area (Å²) in [5.41, 5.74) is -2.81. The zero-order chi connectivity index (χ0) is 23.7. The largest absolute Gasteiger partial charge is 0.394 e. The zero-order valence-corrected chi connectivity index (χ0v) is 18.4. The molecule has 11 heteroatoms. The maximum Gasteiger partial charge on any atom is 0.187 e. The van der Waals surface area contributed by atoms with Crippen molar-refractivity contribution in [2.75, 3.05) is 13.2 Å². The van der Waals surface area contributed by atoms with E-state index in [0.29, 0.717) is 12.8 Å². The van der Waals surface area contributed by atoms with Crippen molar-refractivity contribution in [2.24, 2.45) is 11.8 Å². The molecule has 2 rings (SSSR count). The SMILES string of the molecule is CCCC(C)(O)[C@@H]1C(CO)O[C@H](OC(C)(C)[C@@H]2C(CO)O[C@@H](O)C(O)C2O)C(O)C1O. The Morgan fingerprint density at radius 3 is 1.81 bits per heavy atom. The first-order chi connectivity index (χ1) is 14.3. The normalized spacial score (nSPS) is 44.1. The van der Waals surface area contributed by atoms with Gasteiger partial charge in [-0.15, -0.1) is 0 Å². The van der Waals surface area contributed by atoms with Crippen molar-refractivity contribution in [3.05, 3.63) is 0 Å². The summed E-state index contributed by atoms with van der Waals surface area (Å²) in [6, 6.07) is 0. The monoisotopic (exact) mass is 454 g/mol. The van der Waals surface area contributed by atoms with Crippen LogP contribution >= 0.6 is 0 Å². The Morgan fingerprint density at radius 2 is 1.29 bits per heavy atom. The van der Waals surface area contributed by atoms with Crippen LogP contribution in [0.4, 0.5) is 0 Å². The highest BCUT2D eigenvalue weighted by atomic mass is 16.7. The van der Waals surface area contributed by atoms with Gasteiger partial charge in [0, 0.05) is 11.8 Å². The van der Waals surface area contributed by atoms with E-state index >= 15 is 0 Å². The Bertz CT molecular complexity index is 567. The van der Waals surface area contributed by atoms with E-state index in [4.69, 9.17) is 14.2 Å². The van der Waals surface area contributed by atoms with Gasteiger partial charge in [0.05, 0.1) is 48.8 Å². The van der Waals surface area contributed by atoms with Crippen LogP contribution in [0.25, 0.3) is 0 Å². The molecule has 8 N–H and O–H groups in total. The molecule has 2 aliphatic rings. The third-order valence-electron chi connectivity index (χ3n) is 6.49. The van der Waals surface area contributed by atoms with Crippen LogP contribution in [0.2, 0.25) is 0 Å². The lowest BCUT2D eigenvalue weighted by Crippen LogP contribution is -2.66. The fourth-order valence-electron chi connectivity index (χ4n) is 4.96. The molecule has 0 spiro atoms. The van der Waals surface area contributed by atoms with Gasteiger partial charge in [0.2, 0.25) is 0 Å². The van der Waals surface area contributed by atoms with Crippen LogP contribution in [0.5, 0.6) is 0 Å². The Hall–Kier alpha value is -0.440. The first-order valence-corrected chi connectivity index (χ1v) is 10.7. The predicted octanol–water partition coefficient (Wildman–Crippen LogP) is -2.56. The van der Waals surface area contributed by atoms with Crippen molar-refractivity contribution in [1.82, 2.24) is 0 Å². The van der Waals surface area contributed by atoms with E-state index in [1.165, 1.54) is 20.8 Å². The van der Waals surface area contributed by atoms with Crippen molar-refractivity contribution in [3.8, 4) is 0 Å². The molecule has 11 nitrogen and oxygen atoms in total. The fourth-order valence-corrected chi connectivity index (χ4v) is 4.96. The van der Waals surface area contributed by atoms with Gasteiger partial charge in [-0.05, 0) is 27.2 Å². The zero-order valence-electron chi connectivity index (χ0n) is 18.4. The van der Waals surface area contributed by atoms with Gasteiger partial charge in [-0.1, -0.05) is 13.3 Å². The van der Waals surface area contributed by atoms with E-state index in [0.717, 1.165) is 0 Å². The molecular formula is C20H38O11. The second-order valence-corrected chi connectivity index (χ2v) is 9.32. The van der Waals surface area contributed by atoms with Crippen LogP contribution in [0.1, 0.15) is 40.5 Å².